The maximum absolute atomic E-state index is 9.39. The van der Waals surface area contributed by atoms with E-state index in [2.05, 4.69) is 12.2 Å². The fourth-order valence-corrected chi connectivity index (χ4v) is 2.26. The van der Waals surface area contributed by atoms with Crippen LogP contribution in [0.3, 0.4) is 0 Å². The Balaban J connectivity index is 2.02. The SMILES string of the molecule is CCCOCCNCC1(CO)CCCC1. The minimum Gasteiger partial charge on any atom is -0.396 e. The Morgan fingerprint density at radius 1 is 1.27 bits per heavy atom. The molecule has 0 radical (unpaired) electrons. The summed E-state index contributed by atoms with van der Waals surface area (Å²) < 4.78 is 5.39. The highest BCUT2D eigenvalue weighted by Gasteiger charge is 2.32. The van der Waals surface area contributed by atoms with E-state index < -0.39 is 0 Å². The molecule has 0 aromatic rings. The molecule has 15 heavy (non-hydrogen) atoms. The molecule has 0 aliphatic heterocycles. The van der Waals surface area contributed by atoms with E-state index in [4.69, 9.17) is 4.74 Å². The zero-order valence-electron chi connectivity index (χ0n) is 9.93. The molecule has 3 heteroatoms. The van der Waals surface area contributed by atoms with Crippen LogP contribution in [0.15, 0.2) is 0 Å². The highest BCUT2D eigenvalue weighted by molar-refractivity contribution is 4.85. The standard InChI is InChI=1S/C12H25NO2/c1-2-8-15-9-7-13-10-12(11-14)5-3-4-6-12/h13-14H,2-11H2,1H3. The minimum atomic E-state index is 0.171. The molecule has 1 aliphatic carbocycles. The summed E-state index contributed by atoms with van der Waals surface area (Å²) in [7, 11) is 0. The van der Waals surface area contributed by atoms with Crippen LogP contribution < -0.4 is 5.32 Å². The smallest absolute Gasteiger partial charge is 0.0590 e. The van der Waals surface area contributed by atoms with E-state index in [1.54, 1.807) is 0 Å². The Kier molecular flexibility index (Phi) is 6.22. The Labute approximate surface area is 93.2 Å². The summed E-state index contributed by atoms with van der Waals surface area (Å²) in [5.41, 5.74) is 0.171. The van der Waals surface area contributed by atoms with Crippen LogP contribution in [0.1, 0.15) is 39.0 Å². The van der Waals surface area contributed by atoms with Crippen LogP contribution >= 0.6 is 0 Å². The molecular formula is C12H25NO2. The van der Waals surface area contributed by atoms with Gasteiger partial charge in [-0.15, -0.1) is 0 Å². The molecule has 0 atom stereocenters. The van der Waals surface area contributed by atoms with E-state index in [0.29, 0.717) is 6.61 Å². The molecule has 1 aliphatic rings. The van der Waals surface area contributed by atoms with Gasteiger partial charge in [-0.25, -0.2) is 0 Å². The van der Waals surface area contributed by atoms with Crippen molar-refractivity contribution >= 4 is 0 Å². The molecule has 0 bridgehead atoms. The Morgan fingerprint density at radius 3 is 2.60 bits per heavy atom. The van der Waals surface area contributed by atoms with Crippen molar-refractivity contribution in [1.82, 2.24) is 5.32 Å². The summed E-state index contributed by atoms with van der Waals surface area (Å²) >= 11 is 0. The van der Waals surface area contributed by atoms with E-state index in [-0.39, 0.29) is 5.41 Å². The fourth-order valence-electron chi connectivity index (χ4n) is 2.26. The van der Waals surface area contributed by atoms with Gasteiger partial charge in [-0.1, -0.05) is 19.8 Å². The van der Waals surface area contributed by atoms with Crippen molar-refractivity contribution in [2.75, 3.05) is 32.9 Å². The van der Waals surface area contributed by atoms with Crippen LogP contribution in [0, 0.1) is 5.41 Å². The summed E-state index contributed by atoms with van der Waals surface area (Å²) in [5, 5.41) is 12.8. The van der Waals surface area contributed by atoms with Crippen LogP contribution in [-0.4, -0.2) is 38.0 Å². The van der Waals surface area contributed by atoms with E-state index in [0.717, 1.165) is 32.7 Å². The van der Waals surface area contributed by atoms with E-state index in [9.17, 15) is 5.11 Å². The number of rotatable bonds is 8. The number of aliphatic hydroxyl groups excluding tert-OH is 1. The molecule has 90 valence electrons. The summed E-state index contributed by atoms with van der Waals surface area (Å²) in [4.78, 5) is 0. The average molecular weight is 215 g/mol. The molecule has 1 rings (SSSR count). The van der Waals surface area contributed by atoms with Crippen molar-refractivity contribution in [3.8, 4) is 0 Å². The Bertz CT molecular complexity index is 156. The molecule has 2 N–H and O–H groups in total. The van der Waals surface area contributed by atoms with Gasteiger partial charge in [0.1, 0.15) is 0 Å². The van der Waals surface area contributed by atoms with Crippen molar-refractivity contribution in [3.63, 3.8) is 0 Å². The summed E-state index contributed by atoms with van der Waals surface area (Å²) in [5.74, 6) is 0. The highest BCUT2D eigenvalue weighted by atomic mass is 16.5. The van der Waals surface area contributed by atoms with E-state index >= 15 is 0 Å². The molecule has 0 aromatic heterocycles. The predicted octanol–water partition coefficient (Wildman–Crippen LogP) is 1.56. The van der Waals surface area contributed by atoms with Crippen molar-refractivity contribution in [1.29, 1.82) is 0 Å². The molecule has 0 heterocycles. The lowest BCUT2D eigenvalue weighted by Crippen LogP contribution is -2.36. The van der Waals surface area contributed by atoms with Gasteiger partial charge in [-0.05, 0) is 19.3 Å². The van der Waals surface area contributed by atoms with E-state index in [1.165, 1.54) is 25.7 Å². The van der Waals surface area contributed by atoms with Gasteiger partial charge in [0.05, 0.1) is 6.61 Å². The van der Waals surface area contributed by atoms with Gasteiger partial charge < -0.3 is 15.2 Å². The van der Waals surface area contributed by atoms with Gasteiger partial charge in [0, 0.05) is 31.7 Å². The van der Waals surface area contributed by atoms with Gasteiger partial charge >= 0.3 is 0 Å². The monoisotopic (exact) mass is 215 g/mol. The minimum absolute atomic E-state index is 0.171. The molecule has 3 nitrogen and oxygen atoms in total. The number of nitrogens with one attached hydrogen (secondary N) is 1. The average Bonchev–Trinajstić information content (AvgIpc) is 2.73. The first kappa shape index (κ1) is 12.9. The lowest BCUT2D eigenvalue weighted by atomic mass is 9.87. The summed E-state index contributed by atoms with van der Waals surface area (Å²) in [6, 6.07) is 0. The van der Waals surface area contributed by atoms with E-state index in [1.807, 2.05) is 0 Å². The van der Waals surface area contributed by atoms with Crippen molar-refractivity contribution in [3.05, 3.63) is 0 Å². The second-order valence-corrected chi connectivity index (χ2v) is 4.65. The highest BCUT2D eigenvalue weighted by Crippen LogP contribution is 2.36. The number of aliphatic hydroxyl groups is 1. The zero-order chi connectivity index (χ0) is 11.0. The molecule has 0 aromatic carbocycles. The van der Waals surface area contributed by atoms with Crippen LogP contribution in [-0.2, 0) is 4.74 Å². The number of hydrogen-bond acceptors (Lipinski definition) is 3. The van der Waals surface area contributed by atoms with Crippen molar-refractivity contribution in [2.24, 2.45) is 5.41 Å². The van der Waals surface area contributed by atoms with Gasteiger partial charge in [-0.2, -0.15) is 0 Å². The second kappa shape index (κ2) is 7.20. The summed E-state index contributed by atoms with van der Waals surface area (Å²) in [6.45, 7) is 5.94. The zero-order valence-corrected chi connectivity index (χ0v) is 9.93. The maximum atomic E-state index is 9.39. The third kappa shape index (κ3) is 4.49. The maximum Gasteiger partial charge on any atom is 0.0590 e. The largest absolute Gasteiger partial charge is 0.396 e. The molecular weight excluding hydrogens is 190 g/mol. The van der Waals surface area contributed by atoms with Gasteiger partial charge in [-0.3, -0.25) is 0 Å². The lowest BCUT2D eigenvalue weighted by molar-refractivity contribution is 0.112. The van der Waals surface area contributed by atoms with Gasteiger partial charge in [0.15, 0.2) is 0 Å². The topological polar surface area (TPSA) is 41.5 Å². The third-order valence-corrected chi connectivity index (χ3v) is 3.27. The fraction of sp³-hybridized carbons (Fsp3) is 1.00. The van der Waals surface area contributed by atoms with Crippen LogP contribution in [0.2, 0.25) is 0 Å². The molecule has 0 spiro atoms. The van der Waals surface area contributed by atoms with Gasteiger partial charge in [0.25, 0.3) is 0 Å². The van der Waals surface area contributed by atoms with Crippen molar-refractivity contribution in [2.45, 2.75) is 39.0 Å². The first-order valence-corrected chi connectivity index (χ1v) is 6.22. The number of hydrogen-bond donors (Lipinski definition) is 2. The first-order valence-electron chi connectivity index (χ1n) is 6.22. The third-order valence-electron chi connectivity index (χ3n) is 3.27. The second-order valence-electron chi connectivity index (χ2n) is 4.65. The normalized spacial score (nSPS) is 19.6. The molecule has 0 unspecified atom stereocenters. The molecule has 0 amide bonds. The molecule has 1 saturated carbocycles. The Hall–Kier alpha value is -0.120. The first-order chi connectivity index (χ1) is 7.33. The Morgan fingerprint density at radius 2 is 2.00 bits per heavy atom. The van der Waals surface area contributed by atoms with Crippen molar-refractivity contribution < 1.29 is 9.84 Å². The number of ether oxygens (including phenoxy) is 1. The lowest BCUT2D eigenvalue weighted by Gasteiger charge is -2.26. The summed E-state index contributed by atoms with van der Waals surface area (Å²) in [6.07, 6.45) is 5.97. The van der Waals surface area contributed by atoms with Crippen LogP contribution in [0.5, 0.6) is 0 Å². The van der Waals surface area contributed by atoms with Gasteiger partial charge in [0.2, 0.25) is 0 Å². The van der Waals surface area contributed by atoms with Crippen LogP contribution in [0.4, 0.5) is 0 Å². The van der Waals surface area contributed by atoms with Crippen LogP contribution in [0.25, 0.3) is 0 Å². The molecule has 0 saturated heterocycles. The molecule has 1 fully saturated rings. The quantitative estimate of drug-likeness (QED) is 0.604. The predicted molar refractivity (Wildman–Crippen MR) is 62.0 cm³/mol.